The zero-order valence-corrected chi connectivity index (χ0v) is 25.3. The predicted octanol–water partition coefficient (Wildman–Crippen LogP) is 4.79. The maximum Gasteiger partial charge on any atom is 0.408 e. The number of hydrogen-bond donors (Lipinski definition) is 1. The van der Waals surface area contributed by atoms with E-state index in [2.05, 4.69) is 39.5 Å². The third-order valence-electron chi connectivity index (χ3n) is 6.77. The van der Waals surface area contributed by atoms with Crippen LogP contribution in [0.5, 0.6) is 0 Å². The van der Waals surface area contributed by atoms with Crippen LogP contribution in [0, 0.1) is 0 Å². The second-order valence-electron chi connectivity index (χ2n) is 10.9. The number of thioether (sulfide) groups is 1. The Morgan fingerprint density at radius 1 is 0.905 bits per heavy atom. The molecule has 42 heavy (non-hydrogen) atoms. The van der Waals surface area contributed by atoms with Gasteiger partial charge in [-0.15, -0.1) is 11.8 Å². The molecule has 2 amide bonds. The fourth-order valence-electron chi connectivity index (χ4n) is 4.86. The molecule has 2 aromatic carbocycles. The number of pyridine rings is 1. The Morgan fingerprint density at radius 3 is 2.05 bits per heavy atom. The smallest absolute Gasteiger partial charge is 0.408 e. The van der Waals surface area contributed by atoms with Gasteiger partial charge in [0.1, 0.15) is 16.7 Å². The molecule has 10 heteroatoms. The van der Waals surface area contributed by atoms with E-state index in [1.165, 1.54) is 30.0 Å². The summed E-state index contributed by atoms with van der Waals surface area (Å²) in [5, 5.41) is 3.18. The first-order valence-electron chi connectivity index (χ1n) is 13.9. The Kier molecular flexibility index (Phi) is 10.6. The van der Waals surface area contributed by atoms with E-state index in [9.17, 15) is 14.4 Å². The third kappa shape index (κ3) is 8.33. The minimum Gasteiger partial charge on any atom is -0.465 e. The number of benzene rings is 2. The van der Waals surface area contributed by atoms with Crippen LogP contribution in [0.2, 0.25) is 0 Å². The molecule has 1 fully saturated rings. The highest BCUT2D eigenvalue weighted by Gasteiger charge is 2.33. The van der Waals surface area contributed by atoms with Crippen molar-refractivity contribution in [2.45, 2.75) is 43.5 Å². The van der Waals surface area contributed by atoms with Crippen molar-refractivity contribution in [1.29, 1.82) is 0 Å². The van der Waals surface area contributed by atoms with Gasteiger partial charge in [-0.3, -0.25) is 9.69 Å². The van der Waals surface area contributed by atoms with Crippen molar-refractivity contribution in [3.8, 4) is 0 Å². The first-order valence-corrected chi connectivity index (χ1v) is 14.9. The van der Waals surface area contributed by atoms with Crippen LogP contribution in [0.4, 0.5) is 4.79 Å². The van der Waals surface area contributed by atoms with Gasteiger partial charge in [-0.25, -0.2) is 14.6 Å². The molecule has 9 nitrogen and oxygen atoms in total. The SMILES string of the molecule is COC(=O)c1cccnc1SC[C@@H](NC(=O)OC(C)(C)C)C(=O)N1CCN(C(c2ccccc2)c2ccccc2)CC1. The van der Waals surface area contributed by atoms with Crippen molar-refractivity contribution >= 4 is 29.7 Å². The zero-order chi connectivity index (χ0) is 30.1. The Hall–Kier alpha value is -3.89. The number of aromatic nitrogens is 1. The number of nitrogens with one attached hydrogen (secondary N) is 1. The Balaban J connectivity index is 1.49. The molecular formula is C32H38N4O5S. The Bertz CT molecular complexity index is 1300. The molecule has 0 saturated carbocycles. The van der Waals surface area contributed by atoms with Crippen molar-refractivity contribution in [1.82, 2.24) is 20.1 Å². The number of rotatable bonds is 9. The summed E-state index contributed by atoms with van der Waals surface area (Å²) in [7, 11) is 1.31. The highest BCUT2D eigenvalue weighted by atomic mass is 32.2. The molecule has 1 N–H and O–H groups in total. The lowest BCUT2D eigenvalue weighted by Crippen LogP contribution is -2.56. The summed E-state index contributed by atoms with van der Waals surface area (Å²) in [6.45, 7) is 7.64. The van der Waals surface area contributed by atoms with Gasteiger partial charge in [0.25, 0.3) is 0 Å². The highest BCUT2D eigenvalue weighted by molar-refractivity contribution is 7.99. The zero-order valence-electron chi connectivity index (χ0n) is 24.5. The predicted molar refractivity (Wildman–Crippen MR) is 162 cm³/mol. The number of piperazine rings is 1. The number of nitrogens with zero attached hydrogens (tertiary/aromatic N) is 3. The molecule has 1 aliphatic rings. The number of hydrogen-bond acceptors (Lipinski definition) is 8. The monoisotopic (exact) mass is 590 g/mol. The van der Waals surface area contributed by atoms with Crippen LogP contribution in [-0.2, 0) is 14.3 Å². The maximum atomic E-state index is 13.8. The van der Waals surface area contributed by atoms with E-state index < -0.39 is 23.7 Å². The van der Waals surface area contributed by atoms with Gasteiger partial charge in [-0.1, -0.05) is 60.7 Å². The topological polar surface area (TPSA) is 101 Å². The molecule has 0 bridgehead atoms. The molecule has 1 atom stereocenters. The second kappa shape index (κ2) is 14.3. The van der Waals surface area contributed by atoms with E-state index in [0.717, 1.165) is 0 Å². The molecule has 1 aliphatic heterocycles. The lowest BCUT2D eigenvalue weighted by Gasteiger charge is -2.40. The molecule has 1 aromatic heterocycles. The molecule has 0 spiro atoms. The van der Waals surface area contributed by atoms with Gasteiger partial charge in [0, 0.05) is 38.1 Å². The maximum absolute atomic E-state index is 13.8. The summed E-state index contributed by atoms with van der Waals surface area (Å²) in [6.07, 6.45) is 0.893. The van der Waals surface area contributed by atoms with Gasteiger partial charge in [0.15, 0.2) is 0 Å². The van der Waals surface area contributed by atoms with Gasteiger partial charge in [-0.2, -0.15) is 0 Å². The highest BCUT2D eigenvalue weighted by Crippen LogP contribution is 2.30. The molecule has 0 unspecified atom stereocenters. The largest absolute Gasteiger partial charge is 0.465 e. The van der Waals surface area contributed by atoms with Crippen molar-refractivity contribution in [2.75, 3.05) is 39.0 Å². The van der Waals surface area contributed by atoms with Crippen LogP contribution < -0.4 is 5.32 Å². The molecule has 0 aliphatic carbocycles. The first kappa shape index (κ1) is 31.1. The van der Waals surface area contributed by atoms with Gasteiger partial charge >= 0.3 is 12.1 Å². The summed E-state index contributed by atoms with van der Waals surface area (Å²) in [4.78, 5) is 47.3. The van der Waals surface area contributed by atoms with E-state index in [1.807, 2.05) is 36.4 Å². The summed E-state index contributed by atoms with van der Waals surface area (Å²) in [5.41, 5.74) is 1.97. The fraction of sp³-hybridized carbons (Fsp3) is 0.375. The number of esters is 1. The van der Waals surface area contributed by atoms with E-state index in [1.54, 1.807) is 44.0 Å². The summed E-state index contributed by atoms with van der Waals surface area (Å²) in [6, 6.07) is 23.2. The normalized spacial score (nSPS) is 14.7. The molecule has 1 saturated heterocycles. The average molecular weight is 591 g/mol. The van der Waals surface area contributed by atoms with E-state index in [4.69, 9.17) is 9.47 Å². The minimum atomic E-state index is -0.886. The molecule has 3 aromatic rings. The molecule has 0 radical (unpaired) electrons. The van der Waals surface area contributed by atoms with Crippen LogP contribution in [-0.4, -0.2) is 83.4 Å². The average Bonchev–Trinajstić information content (AvgIpc) is 2.99. The lowest BCUT2D eigenvalue weighted by molar-refractivity contribution is -0.134. The van der Waals surface area contributed by atoms with Crippen molar-refractivity contribution in [2.24, 2.45) is 0 Å². The van der Waals surface area contributed by atoms with Gasteiger partial charge in [-0.05, 0) is 44.0 Å². The van der Waals surface area contributed by atoms with Crippen LogP contribution in [0.15, 0.2) is 84.0 Å². The Morgan fingerprint density at radius 2 is 1.50 bits per heavy atom. The molecule has 4 rings (SSSR count). The number of methoxy groups -OCH3 is 1. The number of alkyl carbamates (subject to hydrolysis) is 1. The van der Waals surface area contributed by atoms with E-state index in [0.29, 0.717) is 36.8 Å². The second-order valence-corrected chi connectivity index (χ2v) is 12.0. The van der Waals surface area contributed by atoms with Gasteiger partial charge < -0.3 is 19.7 Å². The first-order chi connectivity index (χ1) is 20.2. The van der Waals surface area contributed by atoms with Gasteiger partial charge in [0.2, 0.25) is 5.91 Å². The standard InChI is InChI=1S/C32H38N4O5S/c1-32(2,3)41-31(39)34-26(22-42-28-25(30(38)40-4)16-11-17-33-28)29(37)36-20-18-35(19-21-36)27(23-12-7-5-8-13-23)24-14-9-6-10-15-24/h5-17,26-27H,18-22H2,1-4H3,(H,34,39)/t26-/m1/s1. The van der Waals surface area contributed by atoms with Crippen LogP contribution in [0.3, 0.4) is 0 Å². The fourth-order valence-corrected chi connectivity index (χ4v) is 5.86. The lowest BCUT2D eigenvalue weighted by atomic mass is 9.96. The van der Waals surface area contributed by atoms with Crippen LogP contribution in [0.25, 0.3) is 0 Å². The molecular weight excluding hydrogens is 552 g/mol. The molecule has 2 heterocycles. The van der Waals surface area contributed by atoms with Crippen molar-refractivity contribution < 1.29 is 23.9 Å². The van der Waals surface area contributed by atoms with Gasteiger partial charge in [0.05, 0.1) is 18.7 Å². The summed E-state index contributed by atoms with van der Waals surface area (Å²) < 4.78 is 10.3. The van der Waals surface area contributed by atoms with Crippen LogP contribution in [0.1, 0.15) is 48.3 Å². The summed E-state index contributed by atoms with van der Waals surface area (Å²) in [5.74, 6) is -0.564. The number of carbonyl (C=O) groups is 3. The van der Waals surface area contributed by atoms with Crippen molar-refractivity contribution in [3.63, 3.8) is 0 Å². The molecule has 222 valence electrons. The summed E-state index contributed by atoms with van der Waals surface area (Å²) >= 11 is 1.21. The third-order valence-corrected chi connectivity index (χ3v) is 7.87. The minimum absolute atomic E-state index is 0.0665. The quantitative estimate of drug-likeness (QED) is 0.281. The number of carbonyl (C=O) groups excluding carboxylic acids is 3. The van der Waals surface area contributed by atoms with Crippen LogP contribution >= 0.6 is 11.8 Å². The van der Waals surface area contributed by atoms with E-state index >= 15 is 0 Å². The number of ether oxygens (including phenoxy) is 2. The Labute approximate surface area is 251 Å². The van der Waals surface area contributed by atoms with Crippen molar-refractivity contribution in [3.05, 3.63) is 95.7 Å². The number of amides is 2. The van der Waals surface area contributed by atoms with E-state index in [-0.39, 0.29) is 17.7 Å².